The number of alkyl halides is 3. The molecule has 0 saturated carbocycles. The number of hydrogen-bond donors (Lipinski definition) is 2. The summed E-state index contributed by atoms with van der Waals surface area (Å²) in [4.78, 5) is 16.2. The van der Waals surface area contributed by atoms with Gasteiger partial charge in [0.15, 0.2) is 0 Å². The first-order valence-electron chi connectivity index (χ1n) is 7.43. The first-order valence-corrected chi connectivity index (χ1v) is 7.43. The van der Waals surface area contributed by atoms with Crippen molar-refractivity contribution in [1.29, 1.82) is 0 Å². The molecular formula is C17H18F3N3O. The maximum absolute atomic E-state index is 12.5. The average molecular weight is 337 g/mol. The summed E-state index contributed by atoms with van der Waals surface area (Å²) in [5.41, 5.74) is 0.558. The number of aromatic nitrogens is 1. The summed E-state index contributed by atoms with van der Waals surface area (Å²) in [6.45, 7) is 4.86. The van der Waals surface area contributed by atoms with E-state index in [2.05, 4.69) is 29.5 Å². The van der Waals surface area contributed by atoms with E-state index in [9.17, 15) is 18.0 Å². The molecule has 2 aromatic rings. The lowest BCUT2D eigenvalue weighted by atomic mass is 10.2. The number of anilines is 2. The Morgan fingerprint density at radius 2 is 1.79 bits per heavy atom. The van der Waals surface area contributed by atoms with Crippen molar-refractivity contribution in [2.45, 2.75) is 20.0 Å². The lowest BCUT2D eigenvalue weighted by molar-refractivity contribution is -0.137. The largest absolute Gasteiger partial charge is 0.416 e. The molecule has 0 aliphatic rings. The van der Waals surface area contributed by atoms with Crippen molar-refractivity contribution >= 4 is 17.3 Å². The van der Waals surface area contributed by atoms with Crippen LogP contribution in [0.25, 0.3) is 0 Å². The maximum atomic E-state index is 12.5. The Labute approximate surface area is 138 Å². The van der Waals surface area contributed by atoms with Gasteiger partial charge in [0, 0.05) is 24.6 Å². The third-order valence-electron chi connectivity index (χ3n) is 3.18. The molecule has 4 nitrogen and oxygen atoms in total. The number of hydrogen-bond acceptors (Lipinski definition) is 3. The van der Waals surface area contributed by atoms with Crippen LogP contribution in [-0.2, 0) is 6.18 Å². The van der Waals surface area contributed by atoms with Crippen LogP contribution in [0.2, 0.25) is 0 Å². The van der Waals surface area contributed by atoms with Crippen molar-refractivity contribution in [2.24, 2.45) is 5.92 Å². The Balaban J connectivity index is 2.05. The Hall–Kier alpha value is -2.57. The van der Waals surface area contributed by atoms with E-state index in [1.165, 1.54) is 18.3 Å². The number of benzene rings is 1. The van der Waals surface area contributed by atoms with E-state index in [1.54, 1.807) is 12.3 Å². The lowest BCUT2D eigenvalue weighted by Gasteiger charge is -2.11. The van der Waals surface area contributed by atoms with Crippen LogP contribution in [0.1, 0.15) is 29.8 Å². The quantitative estimate of drug-likeness (QED) is 0.849. The summed E-state index contributed by atoms with van der Waals surface area (Å²) in [6.07, 6.45) is -1.39. The summed E-state index contributed by atoms with van der Waals surface area (Å²) in [7, 11) is 0. The average Bonchev–Trinajstić information content (AvgIpc) is 2.53. The van der Waals surface area contributed by atoms with E-state index in [0.717, 1.165) is 18.7 Å². The zero-order chi connectivity index (χ0) is 17.7. The van der Waals surface area contributed by atoms with Crippen molar-refractivity contribution in [3.63, 3.8) is 0 Å². The van der Waals surface area contributed by atoms with Gasteiger partial charge >= 0.3 is 6.18 Å². The van der Waals surface area contributed by atoms with Gasteiger partial charge in [-0.15, -0.1) is 0 Å². The molecule has 0 fully saturated rings. The van der Waals surface area contributed by atoms with Crippen LogP contribution in [-0.4, -0.2) is 17.4 Å². The summed E-state index contributed by atoms with van der Waals surface area (Å²) in [5, 5.41) is 5.71. The molecule has 0 radical (unpaired) electrons. The van der Waals surface area contributed by atoms with Crippen LogP contribution in [0, 0.1) is 5.92 Å². The molecule has 1 amide bonds. The standard InChI is InChI=1S/C17H18F3N3O/c1-11(2)8-22-15-7-12(9-21-10-15)16(24)23-14-5-3-13(4-6-14)17(18,19)20/h3-7,9-11,22H,8H2,1-2H3,(H,23,24). The minimum atomic E-state index is -4.40. The van der Waals surface area contributed by atoms with Gasteiger partial charge in [-0.05, 0) is 36.2 Å². The van der Waals surface area contributed by atoms with E-state index in [-0.39, 0.29) is 5.69 Å². The molecule has 0 aliphatic heterocycles. The molecule has 1 heterocycles. The molecule has 0 bridgehead atoms. The monoisotopic (exact) mass is 337 g/mol. The Morgan fingerprint density at radius 3 is 2.38 bits per heavy atom. The SMILES string of the molecule is CC(C)CNc1cncc(C(=O)Nc2ccc(C(F)(F)F)cc2)c1. The van der Waals surface area contributed by atoms with Crippen LogP contribution in [0.5, 0.6) is 0 Å². The van der Waals surface area contributed by atoms with E-state index in [1.807, 2.05) is 0 Å². The highest BCUT2D eigenvalue weighted by Gasteiger charge is 2.29. The van der Waals surface area contributed by atoms with E-state index in [4.69, 9.17) is 0 Å². The minimum Gasteiger partial charge on any atom is -0.384 e. The second kappa shape index (κ2) is 7.33. The third kappa shape index (κ3) is 4.97. The number of amides is 1. The normalized spacial score (nSPS) is 11.4. The van der Waals surface area contributed by atoms with Crippen LogP contribution in [0.4, 0.5) is 24.5 Å². The number of halogens is 3. The van der Waals surface area contributed by atoms with Crippen molar-refractivity contribution in [2.75, 3.05) is 17.2 Å². The molecule has 128 valence electrons. The maximum Gasteiger partial charge on any atom is 0.416 e. The number of carbonyl (C=O) groups is 1. The van der Waals surface area contributed by atoms with Gasteiger partial charge in [0.1, 0.15) is 0 Å². The summed E-state index contributed by atoms with van der Waals surface area (Å²) in [5.74, 6) is 0.00471. The van der Waals surface area contributed by atoms with Gasteiger partial charge in [0.05, 0.1) is 16.8 Å². The van der Waals surface area contributed by atoms with E-state index >= 15 is 0 Å². The molecule has 1 aromatic heterocycles. The van der Waals surface area contributed by atoms with Gasteiger partial charge in [-0.25, -0.2) is 0 Å². The van der Waals surface area contributed by atoms with Crippen LogP contribution in [0.3, 0.4) is 0 Å². The molecule has 2 rings (SSSR count). The molecule has 0 atom stereocenters. The second-order valence-electron chi connectivity index (χ2n) is 5.77. The first-order chi connectivity index (χ1) is 11.3. The highest BCUT2D eigenvalue weighted by molar-refractivity contribution is 6.04. The van der Waals surface area contributed by atoms with Crippen LogP contribution >= 0.6 is 0 Å². The fourth-order valence-corrected chi connectivity index (χ4v) is 1.93. The zero-order valence-electron chi connectivity index (χ0n) is 13.3. The number of nitrogens with one attached hydrogen (secondary N) is 2. The van der Waals surface area contributed by atoms with Gasteiger partial charge in [0.2, 0.25) is 0 Å². The highest BCUT2D eigenvalue weighted by Crippen LogP contribution is 2.29. The van der Waals surface area contributed by atoms with Gasteiger partial charge in [-0.2, -0.15) is 13.2 Å². The predicted octanol–water partition coefficient (Wildman–Crippen LogP) is 4.42. The lowest BCUT2D eigenvalue weighted by Crippen LogP contribution is -2.14. The fourth-order valence-electron chi connectivity index (χ4n) is 1.93. The Bertz CT molecular complexity index is 697. The molecule has 0 unspecified atom stereocenters. The Kier molecular flexibility index (Phi) is 5.43. The summed E-state index contributed by atoms with van der Waals surface area (Å²) in [6, 6.07) is 5.93. The predicted molar refractivity (Wildman–Crippen MR) is 87.0 cm³/mol. The van der Waals surface area contributed by atoms with E-state index in [0.29, 0.717) is 17.2 Å². The number of pyridine rings is 1. The molecule has 1 aromatic carbocycles. The smallest absolute Gasteiger partial charge is 0.384 e. The van der Waals surface area contributed by atoms with Crippen molar-refractivity contribution in [3.8, 4) is 0 Å². The van der Waals surface area contributed by atoms with Gasteiger partial charge in [-0.3, -0.25) is 9.78 Å². The van der Waals surface area contributed by atoms with Gasteiger partial charge < -0.3 is 10.6 Å². The molecule has 0 aliphatic carbocycles. The molecule has 7 heteroatoms. The second-order valence-corrected chi connectivity index (χ2v) is 5.77. The fraction of sp³-hybridized carbons (Fsp3) is 0.294. The molecular weight excluding hydrogens is 319 g/mol. The highest BCUT2D eigenvalue weighted by atomic mass is 19.4. The van der Waals surface area contributed by atoms with E-state index < -0.39 is 17.6 Å². The van der Waals surface area contributed by atoms with Crippen molar-refractivity contribution in [3.05, 3.63) is 53.9 Å². The number of nitrogens with zero attached hydrogens (tertiary/aromatic N) is 1. The van der Waals surface area contributed by atoms with Crippen LogP contribution in [0.15, 0.2) is 42.7 Å². The molecule has 0 saturated heterocycles. The summed E-state index contributed by atoms with van der Waals surface area (Å²) < 4.78 is 37.6. The minimum absolute atomic E-state index is 0.286. The molecule has 0 spiro atoms. The van der Waals surface area contributed by atoms with Gasteiger partial charge in [0.25, 0.3) is 5.91 Å². The Morgan fingerprint density at radius 1 is 1.12 bits per heavy atom. The number of rotatable bonds is 5. The topological polar surface area (TPSA) is 54.0 Å². The summed E-state index contributed by atoms with van der Waals surface area (Å²) >= 11 is 0. The molecule has 24 heavy (non-hydrogen) atoms. The number of carbonyl (C=O) groups excluding carboxylic acids is 1. The van der Waals surface area contributed by atoms with Crippen molar-refractivity contribution in [1.82, 2.24) is 4.98 Å². The molecule has 2 N–H and O–H groups in total. The first kappa shape index (κ1) is 17.8. The van der Waals surface area contributed by atoms with Crippen molar-refractivity contribution < 1.29 is 18.0 Å². The third-order valence-corrected chi connectivity index (χ3v) is 3.18. The zero-order valence-corrected chi connectivity index (χ0v) is 13.3. The van der Waals surface area contributed by atoms with Crippen LogP contribution < -0.4 is 10.6 Å². The van der Waals surface area contributed by atoms with Gasteiger partial charge in [-0.1, -0.05) is 13.8 Å².